The minimum absolute atomic E-state index is 0.230. The lowest BCUT2D eigenvalue weighted by molar-refractivity contribution is -0.389. The lowest BCUT2D eigenvalue weighted by Gasteiger charge is -2.78. The molecule has 1 aromatic carbocycles. The number of carbonyl (C=O) groups excluding carboxylic acids is 2. The lowest BCUT2D eigenvalue weighted by Crippen LogP contribution is -2.95. The first-order valence-corrected chi connectivity index (χ1v) is 11.8. The van der Waals surface area contributed by atoms with Gasteiger partial charge in [0.05, 0.1) is 33.1 Å². The molecule has 5 aliphatic heterocycles. The molecule has 3 aliphatic carbocycles. The summed E-state index contributed by atoms with van der Waals surface area (Å²) < 4.78 is 22.6. The van der Waals surface area contributed by atoms with Gasteiger partial charge >= 0.3 is 12.1 Å². The van der Waals surface area contributed by atoms with Crippen LogP contribution in [-0.2, 0) is 24.4 Å². The number of anilines is 1. The second kappa shape index (κ2) is 6.04. The molecule has 5 bridgehead atoms. The number of aliphatic hydroxyl groups is 2. The molecule has 8 atom stereocenters. The fraction of sp³-hybridized carbons (Fsp3) is 0.667. The summed E-state index contributed by atoms with van der Waals surface area (Å²) in [7, 11) is 4.04. The molecule has 0 radical (unpaired) electrons. The van der Waals surface area contributed by atoms with Gasteiger partial charge in [0.2, 0.25) is 5.60 Å². The number of methoxy groups -OCH3 is 3. The second-order valence-corrected chi connectivity index (χ2v) is 10.5. The first-order chi connectivity index (χ1) is 16.3. The summed E-state index contributed by atoms with van der Waals surface area (Å²) in [5.74, 6) is -0.415. The van der Waals surface area contributed by atoms with Gasteiger partial charge in [0.1, 0.15) is 23.6 Å². The molecule has 182 valence electrons. The van der Waals surface area contributed by atoms with Gasteiger partial charge < -0.3 is 29.2 Å². The molecule has 10 heteroatoms. The Bertz CT molecular complexity index is 1140. The Balaban J connectivity index is 1.65. The first-order valence-electron chi connectivity index (χ1n) is 11.8. The first kappa shape index (κ1) is 20.9. The number of nitrogens with zero attached hydrogens (tertiary/aromatic N) is 2. The van der Waals surface area contributed by atoms with Gasteiger partial charge in [0.15, 0.2) is 0 Å². The number of hydrogen-bond acceptors (Lipinski definition) is 9. The zero-order valence-corrected chi connectivity index (χ0v) is 19.3. The van der Waals surface area contributed by atoms with Crippen molar-refractivity contribution in [2.75, 3.05) is 32.8 Å². The number of benzene rings is 1. The van der Waals surface area contributed by atoms with Crippen LogP contribution in [0.2, 0.25) is 0 Å². The molecule has 1 aromatic rings. The van der Waals surface area contributed by atoms with Crippen molar-refractivity contribution in [1.82, 2.24) is 4.90 Å². The molecule has 0 aromatic heterocycles. The zero-order valence-electron chi connectivity index (χ0n) is 19.3. The van der Waals surface area contributed by atoms with Crippen molar-refractivity contribution < 1.29 is 38.7 Å². The summed E-state index contributed by atoms with van der Waals surface area (Å²) in [4.78, 5) is 31.0. The van der Waals surface area contributed by atoms with E-state index in [0.29, 0.717) is 37.2 Å². The van der Waals surface area contributed by atoms with Crippen LogP contribution in [0.1, 0.15) is 31.2 Å². The fourth-order valence-corrected chi connectivity index (χ4v) is 9.34. The van der Waals surface area contributed by atoms with E-state index in [0.717, 1.165) is 5.56 Å². The van der Waals surface area contributed by atoms with Crippen LogP contribution in [0.3, 0.4) is 0 Å². The summed E-state index contributed by atoms with van der Waals surface area (Å²) in [5, 5.41) is 24.2. The number of fused-ring (bicyclic) bond motifs is 3. The third-order valence-electron chi connectivity index (χ3n) is 10.1. The molecule has 3 spiro atoms. The van der Waals surface area contributed by atoms with E-state index in [-0.39, 0.29) is 12.5 Å². The number of hydrogen-bond donors (Lipinski definition) is 2. The molecule has 4 saturated heterocycles. The second-order valence-electron chi connectivity index (χ2n) is 10.5. The Morgan fingerprint density at radius 3 is 2.65 bits per heavy atom. The van der Waals surface area contributed by atoms with E-state index in [2.05, 4.69) is 4.90 Å². The number of ether oxygens (including phenoxy) is 4. The normalized spacial score (nSPS) is 46.8. The van der Waals surface area contributed by atoms with Crippen LogP contribution in [0.25, 0.3) is 0 Å². The Morgan fingerprint density at radius 1 is 1.15 bits per heavy atom. The molecule has 1 unspecified atom stereocenters. The van der Waals surface area contributed by atoms with E-state index in [4.69, 9.17) is 18.9 Å². The van der Waals surface area contributed by atoms with Gasteiger partial charge in [-0.25, -0.2) is 9.59 Å². The number of para-hydroxylation sites is 1. The molecule has 1 amide bonds. The maximum atomic E-state index is 13.7. The molecule has 34 heavy (non-hydrogen) atoms. The van der Waals surface area contributed by atoms with E-state index in [1.54, 1.807) is 6.07 Å². The van der Waals surface area contributed by atoms with Crippen molar-refractivity contribution in [1.29, 1.82) is 0 Å². The van der Waals surface area contributed by atoms with E-state index < -0.39 is 52.5 Å². The van der Waals surface area contributed by atoms with Crippen molar-refractivity contribution in [2.24, 2.45) is 5.41 Å². The van der Waals surface area contributed by atoms with Gasteiger partial charge in [0, 0.05) is 29.8 Å². The number of aliphatic hydroxyl groups excluding tert-OH is 1. The Kier molecular flexibility index (Phi) is 3.72. The molecule has 9 rings (SSSR count). The Labute approximate surface area is 196 Å². The minimum atomic E-state index is -2.23. The van der Waals surface area contributed by atoms with Gasteiger partial charge in [-0.15, -0.1) is 0 Å². The number of rotatable bonds is 2. The Hall–Kier alpha value is -2.40. The standard InChI is InChI=1S/C24H28N2O8/c1-31-13-6-4-5-12-16(13)26(20(29)33-3)23-8-7-21-14(27)11-15(25-10-9-22(12,23)17(21)25)34-18(21)24(23,30)19(28)32-2/h4-6,14-15,17-18,27,30H,7-11H2,1-3H3/t14-,15-,17-,18+,21+,22+,23-,24?/m0/s1. The molecular formula is C24H28N2O8. The van der Waals surface area contributed by atoms with E-state index in [1.807, 2.05) is 12.1 Å². The monoisotopic (exact) mass is 472 g/mol. The van der Waals surface area contributed by atoms with Gasteiger partial charge in [-0.3, -0.25) is 9.80 Å². The van der Waals surface area contributed by atoms with E-state index in [9.17, 15) is 19.8 Å². The number of piperidine rings is 1. The van der Waals surface area contributed by atoms with Gasteiger partial charge in [-0.1, -0.05) is 12.1 Å². The maximum Gasteiger partial charge on any atom is 0.414 e. The maximum absolute atomic E-state index is 13.7. The minimum Gasteiger partial charge on any atom is -0.495 e. The summed E-state index contributed by atoms with van der Waals surface area (Å²) in [6, 6.07) is 5.35. The van der Waals surface area contributed by atoms with E-state index in [1.165, 1.54) is 26.2 Å². The molecule has 3 saturated carbocycles. The number of esters is 1. The molecule has 8 aliphatic rings. The third-order valence-corrected chi connectivity index (χ3v) is 10.1. The van der Waals surface area contributed by atoms with Crippen LogP contribution in [-0.4, -0.2) is 90.7 Å². The highest BCUT2D eigenvalue weighted by molar-refractivity contribution is 6.01. The van der Waals surface area contributed by atoms with Crippen molar-refractivity contribution in [3.63, 3.8) is 0 Å². The predicted octanol–water partition coefficient (Wildman–Crippen LogP) is 0.520. The highest BCUT2D eigenvalue weighted by Crippen LogP contribution is 2.80. The van der Waals surface area contributed by atoms with Crippen molar-refractivity contribution in [2.45, 2.75) is 66.7 Å². The van der Waals surface area contributed by atoms with Gasteiger partial charge in [0.25, 0.3) is 0 Å². The predicted molar refractivity (Wildman–Crippen MR) is 115 cm³/mol. The van der Waals surface area contributed by atoms with Crippen molar-refractivity contribution in [3.8, 4) is 5.75 Å². The summed E-state index contributed by atoms with van der Waals surface area (Å²) in [6.45, 7) is 0.654. The largest absolute Gasteiger partial charge is 0.495 e. The van der Waals surface area contributed by atoms with Crippen LogP contribution in [0.15, 0.2) is 18.2 Å². The molecule has 2 N–H and O–H groups in total. The average Bonchev–Trinajstić information content (AvgIpc) is 3.41. The average molecular weight is 472 g/mol. The van der Waals surface area contributed by atoms with Crippen LogP contribution in [0, 0.1) is 5.41 Å². The van der Waals surface area contributed by atoms with Gasteiger partial charge in [-0.2, -0.15) is 0 Å². The topological polar surface area (TPSA) is 118 Å². The summed E-state index contributed by atoms with van der Waals surface area (Å²) >= 11 is 0. The Morgan fingerprint density at radius 2 is 1.94 bits per heavy atom. The van der Waals surface area contributed by atoms with Crippen molar-refractivity contribution >= 4 is 17.7 Å². The molecular weight excluding hydrogens is 444 g/mol. The third kappa shape index (κ3) is 1.66. The summed E-state index contributed by atoms with van der Waals surface area (Å²) in [6.07, 6.45) is -1.16. The van der Waals surface area contributed by atoms with Crippen LogP contribution >= 0.6 is 0 Å². The summed E-state index contributed by atoms with van der Waals surface area (Å²) in [5.41, 5.74) is -4.09. The molecule has 10 nitrogen and oxygen atoms in total. The molecule has 7 fully saturated rings. The zero-order chi connectivity index (χ0) is 23.8. The highest BCUT2D eigenvalue weighted by Gasteiger charge is 2.93. The van der Waals surface area contributed by atoms with E-state index >= 15 is 0 Å². The van der Waals surface area contributed by atoms with Gasteiger partial charge in [-0.05, 0) is 30.9 Å². The lowest BCUT2D eigenvalue weighted by atomic mass is 9.35. The molecule has 5 heterocycles. The highest BCUT2D eigenvalue weighted by atomic mass is 16.6. The van der Waals surface area contributed by atoms with Crippen LogP contribution < -0.4 is 9.64 Å². The van der Waals surface area contributed by atoms with Crippen LogP contribution in [0.5, 0.6) is 5.75 Å². The van der Waals surface area contributed by atoms with Crippen LogP contribution in [0.4, 0.5) is 10.5 Å². The number of carbonyl (C=O) groups is 2. The SMILES string of the molecule is COC(=O)N1c2c(OC)cccc2[C@@]23CCN4[C@@H]5C[C@H](O)[C@]6(CC[C@]12C(O)(C(=O)OC)[C@@H]6O5)[C@H]43. The quantitative estimate of drug-likeness (QED) is 0.594. The number of amides is 1. The van der Waals surface area contributed by atoms with Crippen molar-refractivity contribution in [3.05, 3.63) is 23.8 Å². The fourth-order valence-electron chi connectivity index (χ4n) is 9.34. The smallest absolute Gasteiger partial charge is 0.414 e.